The molecule has 1 aromatic rings. The molecule has 0 unspecified atom stereocenters. The van der Waals surface area contributed by atoms with Crippen LogP contribution in [0.1, 0.15) is 0 Å². The fraction of sp³-hybridized carbons (Fsp3) is 0.143. The Hall–Kier alpha value is 0.366. The van der Waals surface area contributed by atoms with Crippen LogP contribution in [-0.4, -0.2) is 20.1 Å². The van der Waals surface area contributed by atoms with Crippen LogP contribution in [0, 0.1) is 0 Å². The van der Waals surface area contributed by atoms with Crippen molar-refractivity contribution in [1.29, 1.82) is 0 Å². The van der Waals surface area contributed by atoms with Crippen molar-refractivity contribution in [3.05, 3.63) is 18.2 Å². The molecule has 1 aromatic carbocycles. The van der Waals surface area contributed by atoms with Crippen LogP contribution in [0.3, 0.4) is 0 Å². The van der Waals surface area contributed by atoms with Crippen molar-refractivity contribution in [3.63, 3.8) is 0 Å². The molecule has 14 heavy (non-hydrogen) atoms. The van der Waals surface area contributed by atoms with Crippen molar-refractivity contribution >= 4 is 15.8 Å². The third kappa shape index (κ3) is 3.19. The molecule has 0 radical (unpaired) electrons. The molecule has 0 heterocycles. The van der Waals surface area contributed by atoms with Gasteiger partial charge in [0, 0.05) is 0 Å². The zero-order valence-corrected chi connectivity index (χ0v) is 11.8. The van der Waals surface area contributed by atoms with E-state index < -0.39 is 15.0 Å². The molecule has 72 valence electrons. The summed E-state index contributed by atoms with van der Waals surface area (Å²) in [5.41, 5.74) is 5.22. The van der Waals surface area contributed by atoms with Gasteiger partial charge in [0.2, 0.25) is 0 Å². The number of nitrogens with two attached hydrogens (primary N) is 1. The summed E-state index contributed by atoms with van der Waals surface area (Å²) < 4.78 is 36.8. The van der Waals surface area contributed by atoms with Gasteiger partial charge >= 0.3 is 51.4 Å². The summed E-state index contributed by atoms with van der Waals surface area (Å²) in [5.74, 6) is -0.0324. The minimum absolute atomic E-state index is 0. The second kappa shape index (κ2) is 5.45. The Bertz CT molecular complexity index is 418. The number of hydrogen-bond donors (Lipinski definition) is 1. The number of anilines is 1. The van der Waals surface area contributed by atoms with Crippen molar-refractivity contribution in [2.45, 2.75) is 4.90 Å². The van der Waals surface area contributed by atoms with Gasteiger partial charge in [-0.3, -0.25) is 0 Å². The average Bonchev–Trinajstić information content (AvgIpc) is 2.01. The summed E-state index contributed by atoms with van der Waals surface area (Å²) in [6.07, 6.45) is 0. The maximum absolute atomic E-state index is 10.7. The monoisotopic (exact) mass is 241 g/mol. The number of nitrogen functional groups attached to an aromatic ring is 1. The van der Waals surface area contributed by atoms with Gasteiger partial charge < -0.3 is 15.0 Å². The standard InChI is InChI=1S/C7H9NO4S.K/c1-12-6-4-2-3-5(8)7(6)13(9,10)11;/h2-4H,8H2,1H3,(H,9,10,11);/q;+1/p-1. The number of rotatable bonds is 2. The zero-order valence-electron chi connectivity index (χ0n) is 7.85. The zero-order chi connectivity index (χ0) is 10.1. The van der Waals surface area contributed by atoms with Crippen molar-refractivity contribution in [2.75, 3.05) is 12.8 Å². The summed E-state index contributed by atoms with van der Waals surface area (Å²) >= 11 is 0. The molecule has 0 aromatic heterocycles. The molecule has 0 aliphatic rings. The Labute approximate surface area is 125 Å². The molecule has 0 saturated carbocycles. The van der Waals surface area contributed by atoms with Crippen molar-refractivity contribution in [2.24, 2.45) is 0 Å². The van der Waals surface area contributed by atoms with E-state index in [0.29, 0.717) is 0 Å². The van der Waals surface area contributed by atoms with Crippen LogP contribution in [0.5, 0.6) is 5.75 Å². The Morgan fingerprint density at radius 2 is 2.00 bits per heavy atom. The fourth-order valence-corrected chi connectivity index (χ4v) is 1.72. The van der Waals surface area contributed by atoms with E-state index in [1.807, 2.05) is 0 Å². The van der Waals surface area contributed by atoms with E-state index in [1.165, 1.54) is 25.3 Å². The average molecular weight is 241 g/mol. The maximum Gasteiger partial charge on any atom is 1.00 e. The van der Waals surface area contributed by atoms with Crippen LogP contribution in [0.15, 0.2) is 23.1 Å². The van der Waals surface area contributed by atoms with Gasteiger partial charge in [0.15, 0.2) is 0 Å². The SMILES string of the molecule is COc1cccc(N)c1S(=O)(=O)[O-].[K+]. The Morgan fingerprint density at radius 1 is 1.43 bits per heavy atom. The maximum atomic E-state index is 10.7. The first-order valence-electron chi connectivity index (χ1n) is 3.35. The van der Waals surface area contributed by atoms with Crippen LogP contribution in [-0.2, 0) is 10.1 Å². The molecule has 0 aliphatic carbocycles. The molecule has 5 nitrogen and oxygen atoms in total. The fourth-order valence-electron chi connectivity index (χ4n) is 0.961. The van der Waals surface area contributed by atoms with Crippen LogP contribution in [0.4, 0.5) is 5.69 Å². The second-order valence-electron chi connectivity index (χ2n) is 2.33. The predicted octanol–water partition coefficient (Wildman–Crippen LogP) is -2.81. The molecule has 0 bridgehead atoms. The number of ether oxygens (including phenoxy) is 1. The van der Waals surface area contributed by atoms with Gasteiger partial charge in [0.1, 0.15) is 20.8 Å². The number of benzene rings is 1. The summed E-state index contributed by atoms with van der Waals surface area (Å²) in [6, 6.07) is 4.19. The molecular weight excluding hydrogens is 233 g/mol. The quantitative estimate of drug-likeness (QED) is 0.343. The largest absolute Gasteiger partial charge is 1.00 e. The van der Waals surface area contributed by atoms with Gasteiger partial charge in [0.05, 0.1) is 12.8 Å². The minimum Gasteiger partial charge on any atom is -0.744 e. The first-order valence-corrected chi connectivity index (χ1v) is 4.76. The van der Waals surface area contributed by atoms with Crippen LogP contribution < -0.4 is 61.9 Å². The number of hydrogen-bond acceptors (Lipinski definition) is 5. The summed E-state index contributed by atoms with van der Waals surface area (Å²) in [5, 5.41) is 0. The van der Waals surface area contributed by atoms with Gasteiger partial charge in [-0.15, -0.1) is 0 Å². The second-order valence-corrected chi connectivity index (χ2v) is 3.65. The molecule has 0 aliphatic heterocycles. The normalized spacial score (nSPS) is 10.4. The molecular formula is C7H8KNO4S. The first kappa shape index (κ1) is 14.4. The van der Waals surface area contributed by atoms with E-state index in [-0.39, 0.29) is 62.8 Å². The third-order valence-corrected chi connectivity index (χ3v) is 2.42. The molecule has 0 amide bonds. The topological polar surface area (TPSA) is 92.5 Å². The Balaban J connectivity index is 0.00000169. The molecule has 0 spiro atoms. The first-order chi connectivity index (χ1) is 5.96. The Kier molecular flexibility index (Phi) is 5.59. The summed E-state index contributed by atoms with van der Waals surface area (Å²) in [6.45, 7) is 0. The van der Waals surface area contributed by atoms with E-state index in [9.17, 15) is 13.0 Å². The smallest absolute Gasteiger partial charge is 0.744 e. The summed E-state index contributed by atoms with van der Waals surface area (Å²) in [4.78, 5) is -0.502. The minimum atomic E-state index is -4.58. The van der Waals surface area contributed by atoms with Crippen molar-refractivity contribution in [1.82, 2.24) is 0 Å². The molecule has 2 N–H and O–H groups in total. The van der Waals surface area contributed by atoms with E-state index >= 15 is 0 Å². The van der Waals surface area contributed by atoms with E-state index in [1.54, 1.807) is 0 Å². The van der Waals surface area contributed by atoms with E-state index in [2.05, 4.69) is 0 Å². The van der Waals surface area contributed by atoms with Crippen molar-refractivity contribution in [3.8, 4) is 5.75 Å². The van der Waals surface area contributed by atoms with Crippen molar-refractivity contribution < 1.29 is 69.1 Å². The van der Waals surface area contributed by atoms with E-state index in [0.717, 1.165) is 0 Å². The van der Waals surface area contributed by atoms with Gasteiger partial charge in [-0.1, -0.05) is 6.07 Å². The molecule has 1 rings (SSSR count). The van der Waals surface area contributed by atoms with Gasteiger partial charge in [-0.25, -0.2) is 8.42 Å². The molecule has 0 saturated heterocycles. The third-order valence-electron chi connectivity index (χ3n) is 1.48. The van der Waals surface area contributed by atoms with Crippen LogP contribution in [0.2, 0.25) is 0 Å². The predicted molar refractivity (Wildman–Crippen MR) is 45.4 cm³/mol. The Morgan fingerprint density at radius 3 is 2.36 bits per heavy atom. The molecule has 7 heteroatoms. The van der Waals surface area contributed by atoms with Gasteiger partial charge in [0.25, 0.3) is 0 Å². The molecule has 0 fully saturated rings. The van der Waals surface area contributed by atoms with Crippen LogP contribution >= 0.6 is 0 Å². The molecule has 0 atom stereocenters. The van der Waals surface area contributed by atoms with Gasteiger partial charge in [-0.2, -0.15) is 0 Å². The number of methoxy groups -OCH3 is 1. The summed E-state index contributed by atoms with van der Waals surface area (Å²) in [7, 11) is -3.31. The van der Waals surface area contributed by atoms with E-state index in [4.69, 9.17) is 10.5 Å². The van der Waals surface area contributed by atoms with Crippen LogP contribution in [0.25, 0.3) is 0 Å². The van der Waals surface area contributed by atoms with Gasteiger partial charge in [-0.05, 0) is 12.1 Å².